The van der Waals surface area contributed by atoms with Crippen LogP contribution in [0.3, 0.4) is 0 Å². The van der Waals surface area contributed by atoms with Crippen LogP contribution in [0.2, 0.25) is 0 Å². The van der Waals surface area contributed by atoms with Crippen molar-refractivity contribution in [2.24, 2.45) is 0 Å². The molecule has 4 heteroatoms. The summed E-state index contributed by atoms with van der Waals surface area (Å²) in [5, 5.41) is 3.31. The average Bonchev–Trinajstić information content (AvgIpc) is 2.33. The van der Waals surface area contributed by atoms with Gasteiger partial charge in [-0.1, -0.05) is 12.1 Å². The minimum absolute atomic E-state index is 0.628. The van der Waals surface area contributed by atoms with Crippen molar-refractivity contribution in [1.82, 2.24) is 0 Å². The van der Waals surface area contributed by atoms with Gasteiger partial charge in [0.25, 0.3) is 0 Å². The number of benzene rings is 1. The molecular weight excluding hydrogens is 232 g/mol. The summed E-state index contributed by atoms with van der Waals surface area (Å²) in [4.78, 5) is 0. The topological polar surface area (TPSA) is 47.3 Å². The van der Waals surface area contributed by atoms with Gasteiger partial charge in [0.1, 0.15) is 5.75 Å². The summed E-state index contributed by atoms with van der Waals surface area (Å²) in [6.45, 7) is 7.15. The largest absolute Gasteiger partial charge is 0.492 e. The first kappa shape index (κ1) is 13.8. The normalized spacial score (nSPS) is 9.94. The van der Waals surface area contributed by atoms with Crippen molar-refractivity contribution in [1.29, 1.82) is 0 Å². The van der Waals surface area contributed by atoms with Crippen LogP contribution in [0.1, 0.15) is 6.92 Å². The lowest BCUT2D eigenvalue weighted by molar-refractivity contribution is 0.342. The first-order valence-corrected chi connectivity index (χ1v) is 6.88. The molecule has 3 nitrogen and oxygen atoms in total. The van der Waals surface area contributed by atoms with E-state index >= 15 is 0 Å². The van der Waals surface area contributed by atoms with E-state index in [0.29, 0.717) is 12.3 Å². The maximum absolute atomic E-state index is 6.00. The Kier molecular flexibility index (Phi) is 6.40. The summed E-state index contributed by atoms with van der Waals surface area (Å²) < 4.78 is 5.44. The van der Waals surface area contributed by atoms with E-state index in [0.717, 1.165) is 29.5 Å². The quantitative estimate of drug-likeness (QED) is 0.424. The van der Waals surface area contributed by atoms with E-state index in [9.17, 15) is 0 Å². The second kappa shape index (κ2) is 7.90. The lowest BCUT2D eigenvalue weighted by atomic mass is 10.2. The van der Waals surface area contributed by atoms with Crippen molar-refractivity contribution in [3.8, 4) is 5.75 Å². The predicted octanol–water partition coefficient (Wildman–Crippen LogP) is 3.00. The van der Waals surface area contributed by atoms with E-state index in [1.807, 2.05) is 43.0 Å². The number of thioether (sulfide) groups is 1. The minimum atomic E-state index is 0.628. The van der Waals surface area contributed by atoms with Gasteiger partial charge < -0.3 is 15.8 Å². The molecule has 0 aliphatic heterocycles. The summed E-state index contributed by atoms with van der Waals surface area (Å²) in [5.41, 5.74) is 7.62. The number of para-hydroxylation sites is 1. The van der Waals surface area contributed by atoms with E-state index in [-0.39, 0.29) is 0 Å². The monoisotopic (exact) mass is 252 g/mol. The number of ether oxygens (including phenoxy) is 1. The maximum Gasteiger partial charge on any atom is 0.144 e. The SMILES string of the molecule is C=CCSCCNc1cccc(OCC)c1N. The van der Waals surface area contributed by atoms with Crippen LogP contribution in [0.25, 0.3) is 0 Å². The molecule has 94 valence electrons. The average molecular weight is 252 g/mol. The summed E-state index contributed by atoms with van der Waals surface area (Å²) in [7, 11) is 0. The number of nitrogens with two attached hydrogens (primary N) is 1. The van der Waals surface area contributed by atoms with Gasteiger partial charge in [-0.25, -0.2) is 0 Å². The summed E-state index contributed by atoms with van der Waals surface area (Å²) in [6, 6.07) is 5.80. The summed E-state index contributed by atoms with van der Waals surface area (Å²) >= 11 is 1.84. The molecule has 0 saturated heterocycles. The molecule has 0 aliphatic rings. The molecule has 0 heterocycles. The molecule has 3 N–H and O–H groups in total. The predicted molar refractivity (Wildman–Crippen MR) is 78.0 cm³/mol. The second-order valence-corrected chi connectivity index (χ2v) is 4.59. The van der Waals surface area contributed by atoms with Crippen molar-refractivity contribution < 1.29 is 4.74 Å². The molecule has 17 heavy (non-hydrogen) atoms. The van der Waals surface area contributed by atoms with Crippen molar-refractivity contribution >= 4 is 23.1 Å². The van der Waals surface area contributed by atoms with E-state index in [4.69, 9.17) is 10.5 Å². The molecule has 0 unspecified atom stereocenters. The molecule has 0 saturated carbocycles. The van der Waals surface area contributed by atoms with Crippen molar-refractivity contribution in [3.63, 3.8) is 0 Å². The molecule has 0 amide bonds. The van der Waals surface area contributed by atoms with Crippen LogP contribution in [0.5, 0.6) is 5.75 Å². The van der Waals surface area contributed by atoms with Crippen LogP contribution < -0.4 is 15.8 Å². The zero-order valence-corrected chi connectivity index (χ0v) is 11.1. The molecule has 0 radical (unpaired) electrons. The number of anilines is 2. The van der Waals surface area contributed by atoms with E-state index < -0.39 is 0 Å². The highest BCUT2D eigenvalue weighted by molar-refractivity contribution is 7.99. The van der Waals surface area contributed by atoms with Gasteiger partial charge in [0.15, 0.2) is 0 Å². The summed E-state index contributed by atoms with van der Waals surface area (Å²) in [5.74, 6) is 2.76. The Labute approximate surface area is 107 Å². The van der Waals surface area contributed by atoms with Gasteiger partial charge in [-0.15, -0.1) is 6.58 Å². The lowest BCUT2D eigenvalue weighted by Gasteiger charge is -2.12. The zero-order chi connectivity index (χ0) is 12.5. The van der Waals surface area contributed by atoms with Crippen LogP contribution in [0.15, 0.2) is 30.9 Å². The molecule has 0 atom stereocenters. The lowest BCUT2D eigenvalue weighted by Crippen LogP contribution is -2.07. The highest BCUT2D eigenvalue weighted by atomic mass is 32.2. The Hall–Kier alpha value is -1.29. The number of hydrogen-bond donors (Lipinski definition) is 2. The molecule has 0 fully saturated rings. The molecule has 1 aromatic carbocycles. The van der Waals surface area contributed by atoms with Gasteiger partial charge in [-0.2, -0.15) is 11.8 Å². The second-order valence-electron chi connectivity index (χ2n) is 3.44. The number of nitrogens with one attached hydrogen (secondary N) is 1. The van der Waals surface area contributed by atoms with Crippen LogP contribution >= 0.6 is 11.8 Å². The van der Waals surface area contributed by atoms with Gasteiger partial charge in [-0.05, 0) is 19.1 Å². The third kappa shape index (κ3) is 4.61. The van der Waals surface area contributed by atoms with Gasteiger partial charge in [-0.3, -0.25) is 0 Å². The molecule has 0 bridgehead atoms. The Morgan fingerprint density at radius 1 is 1.53 bits per heavy atom. The molecule has 0 aromatic heterocycles. The minimum Gasteiger partial charge on any atom is -0.492 e. The molecule has 0 aliphatic carbocycles. The Morgan fingerprint density at radius 2 is 2.35 bits per heavy atom. The standard InChI is InChI=1S/C13H20N2OS/c1-3-9-17-10-8-15-11-6-5-7-12(13(11)14)16-4-2/h3,5-7,15H,1,4,8-10,14H2,2H3. The van der Waals surface area contributed by atoms with Gasteiger partial charge in [0, 0.05) is 18.1 Å². The molecular formula is C13H20N2OS. The number of rotatable bonds is 8. The van der Waals surface area contributed by atoms with Crippen LogP contribution in [-0.4, -0.2) is 24.7 Å². The third-order valence-electron chi connectivity index (χ3n) is 2.16. The third-order valence-corrected chi connectivity index (χ3v) is 3.13. The summed E-state index contributed by atoms with van der Waals surface area (Å²) in [6.07, 6.45) is 1.91. The first-order valence-electron chi connectivity index (χ1n) is 5.73. The smallest absolute Gasteiger partial charge is 0.144 e. The molecule has 1 rings (SSSR count). The fourth-order valence-electron chi connectivity index (χ4n) is 1.40. The van der Waals surface area contributed by atoms with E-state index in [1.54, 1.807) is 0 Å². The Morgan fingerprint density at radius 3 is 3.06 bits per heavy atom. The Balaban J connectivity index is 2.47. The molecule has 0 spiro atoms. The fraction of sp³-hybridized carbons (Fsp3) is 0.385. The van der Waals surface area contributed by atoms with Crippen molar-refractivity contribution in [2.45, 2.75) is 6.92 Å². The zero-order valence-electron chi connectivity index (χ0n) is 10.2. The highest BCUT2D eigenvalue weighted by Crippen LogP contribution is 2.29. The van der Waals surface area contributed by atoms with Gasteiger partial charge >= 0.3 is 0 Å². The molecule has 1 aromatic rings. The number of hydrogen-bond acceptors (Lipinski definition) is 4. The fourth-order valence-corrected chi connectivity index (χ4v) is 1.98. The van der Waals surface area contributed by atoms with E-state index in [2.05, 4.69) is 11.9 Å². The van der Waals surface area contributed by atoms with Crippen LogP contribution in [-0.2, 0) is 0 Å². The van der Waals surface area contributed by atoms with Crippen LogP contribution in [0, 0.1) is 0 Å². The van der Waals surface area contributed by atoms with Gasteiger partial charge in [0.2, 0.25) is 0 Å². The maximum atomic E-state index is 6.00. The Bertz CT molecular complexity index is 355. The van der Waals surface area contributed by atoms with Crippen molar-refractivity contribution in [3.05, 3.63) is 30.9 Å². The van der Waals surface area contributed by atoms with Gasteiger partial charge in [0.05, 0.1) is 18.0 Å². The van der Waals surface area contributed by atoms with Crippen LogP contribution in [0.4, 0.5) is 11.4 Å². The number of nitrogen functional groups attached to an aromatic ring is 1. The highest BCUT2D eigenvalue weighted by Gasteiger charge is 2.04. The van der Waals surface area contributed by atoms with Crippen molar-refractivity contribution in [2.75, 3.05) is 35.7 Å². The van der Waals surface area contributed by atoms with E-state index in [1.165, 1.54) is 0 Å². The first-order chi connectivity index (χ1) is 8.29.